The first kappa shape index (κ1) is 10.7. The maximum atomic E-state index is 13.3. The van der Waals surface area contributed by atoms with Crippen LogP contribution >= 0.6 is 0 Å². The second-order valence-electron chi connectivity index (χ2n) is 3.30. The van der Waals surface area contributed by atoms with Crippen LogP contribution in [-0.2, 0) is 0 Å². The van der Waals surface area contributed by atoms with Crippen LogP contribution in [0.25, 0.3) is 0 Å². The van der Waals surface area contributed by atoms with Crippen molar-refractivity contribution in [3.8, 4) is 12.3 Å². The van der Waals surface area contributed by atoms with Gasteiger partial charge in [0, 0.05) is 11.6 Å². The number of rotatable bonds is 3. The number of hydrogen-bond donors (Lipinski definition) is 1. The minimum atomic E-state index is -0.197. The largest absolute Gasteiger partial charge is 0.297 e. The van der Waals surface area contributed by atoms with Gasteiger partial charge < -0.3 is 0 Å². The van der Waals surface area contributed by atoms with E-state index in [1.54, 1.807) is 12.1 Å². The summed E-state index contributed by atoms with van der Waals surface area (Å²) in [7, 11) is 0. The Morgan fingerprint density at radius 1 is 1.36 bits per heavy atom. The molecule has 0 aliphatic carbocycles. The Labute approximate surface area is 84.3 Å². The third-order valence-corrected chi connectivity index (χ3v) is 2.12. The summed E-state index contributed by atoms with van der Waals surface area (Å²) in [4.78, 5) is 0. The number of nitrogens with one attached hydrogen (secondary N) is 1. The molecule has 1 aromatic carbocycles. The minimum absolute atomic E-state index is 0.0513. The normalized spacial score (nSPS) is 14.4. The average molecular weight is 191 g/mol. The van der Waals surface area contributed by atoms with Crippen LogP contribution in [0.2, 0.25) is 0 Å². The molecule has 0 aromatic heterocycles. The summed E-state index contributed by atoms with van der Waals surface area (Å²) in [5.41, 5.74) is 0.648. The lowest BCUT2D eigenvalue weighted by atomic mass is 10.1. The second kappa shape index (κ2) is 4.78. The molecular weight excluding hydrogens is 177 g/mol. The molecule has 2 unspecified atom stereocenters. The topological polar surface area (TPSA) is 12.0 Å². The van der Waals surface area contributed by atoms with Crippen LogP contribution in [0, 0.1) is 18.2 Å². The van der Waals surface area contributed by atoms with E-state index in [-0.39, 0.29) is 17.9 Å². The Hall–Kier alpha value is -1.33. The molecule has 0 saturated carbocycles. The summed E-state index contributed by atoms with van der Waals surface area (Å²) in [6, 6.07) is 6.59. The number of hydrogen-bond acceptors (Lipinski definition) is 1. The molecule has 2 heteroatoms. The zero-order valence-corrected chi connectivity index (χ0v) is 8.42. The third kappa shape index (κ3) is 2.58. The summed E-state index contributed by atoms with van der Waals surface area (Å²) in [6.45, 7) is 3.77. The second-order valence-corrected chi connectivity index (χ2v) is 3.30. The van der Waals surface area contributed by atoms with Gasteiger partial charge in [0.25, 0.3) is 0 Å². The molecule has 0 saturated heterocycles. The lowest BCUT2D eigenvalue weighted by molar-refractivity contribution is 0.511. The molecule has 1 nitrogen and oxygen atoms in total. The highest BCUT2D eigenvalue weighted by Gasteiger charge is 2.10. The van der Waals surface area contributed by atoms with Crippen molar-refractivity contribution in [2.24, 2.45) is 0 Å². The number of benzene rings is 1. The molecule has 1 rings (SSSR count). The maximum Gasteiger partial charge on any atom is 0.127 e. The highest BCUT2D eigenvalue weighted by molar-refractivity contribution is 5.21. The molecular formula is C12H14FN. The van der Waals surface area contributed by atoms with Gasteiger partial charge in [-0.3, -0.25) is 5.32 Å². The van der Waals surface area contributed by atoms with Gasteiger partial charge in [0.15, 0.2) is 0 Å². The molecule has 0 aliphatic rings. The molecule has 0 aliphatic heterocycles. The summed E-state index contributed by atoms with van der Waals surface area (Å²) in [6.07, 6.45) is 5.23. The van der Waals surface area contributed by atoms with Gasteiger partial charge in [-0.05, 0) is 19.9 Å². The van der Waals surface area contributed by atoms with Crippen molar-refractivity contribution >= 4 is 0 Å². The number of terminal acetylenes is 1. The molecule has 0 fully saturated rings. The Kier molecular flexibility index (Phi) is 3.67. The standard InChI is InChI=1S/C12H14FN/c1-4-9(2)14-10(3)11-7-5-6-8-12(11)13/h1,5-10,14H,2-3H3. The lowest BCUT2D eigenvalue weighted by Gasteiger charge is -2.16. The molecule has 14 heavy (non-hydrogen) atoms. The molecule has 2 atom stereocenters. The summed E-state index contributed by atoms with van der Waals surface area (Å²) in [5.74, 6) is 2.35. The highest BCUT2D eigenvalue weighted by atomic mass is 19.1. The van der Waals surface area contributed by atoms with Crippen LogP contribution in [0.3, 0.4) is 0 Å². The van der Waals surface area contributed by atoms with Crippen LogP contribution in [0.5, 0.6) is 0 Å². The lowest BCUT2D eigenvalue weighted by Crippen LogP contribution is -2.27. The van der Waals surface area contributed by atoms with Gasteiger partial charge >= 0.3 is 0 Å². The predicted molar refractivity (Wildman–Crippen MR) is 56.2 cm³/mol. The summed E-state index contributed by atoms with van der Waals surface area (Å²) < 4.78 is 13.3. The van der Waals surface area contributed by atoms with E-state index < -0.39 is 0 Å². The van der Waals surface area contributed by atoms with Crippen molar-refractivity contribution in [3.05, 3.63) is 35.6 Å². The predicted octanol–water partition coefficient (Wildman–Crippen LogP) is 2.50. The van der Waals surface area contributed by atoms with Crippen molar-refractivity contribution in [3.63, 3.8) is 0 Å². The van der Waals surface area contributed by atoms with Crippen molar-refractivity contribution in [2.75, 3.05) is 0 Å². The molecule has 74 valence electrons. The van der Waals surface area contributed by atoms with E-state index in [4.69, 9.17) is 6.42 Å². The Morgan fingerprint density at radius 3 is 2.57 bits per heavy atom. The fraction of sp³-hybridized carbons (Fsp3) is 0.333. The Balaban J connectivity index is 2.75. The Bertz CT molecular complexity index is 340. The van der Waals surface area contributed by atoms with Gasteiger partial charge in [0.1, 0.15) is 5.82 Å². The molecule has 0 amide bonds. The van der Waals surface area contributed by atoms with Gasteiger partial charge in [-0.2, -0.15) is 0 Å². The average Bonchev–Trinajstić information content (AvgIpc) is 2.18. The van der Waals surface area contributed by atoms with Gasteiger partial charge in [-0.15, -0.1) is 6.42 Å². The van der Waals surface area contributed by atoms with E-state index in [0.29, 0.717) is 5.56 Å². The zero-order chi connectivity index (χ0) is 10.6. The fourth-order valence-electron chi connectivity index (χ4n) is 1.34. The number of halogens is 1. The smallest absolute Gasteiger partial charge is 0.127 e. The first-order valence-electron chi connectivity index (χ1n) is 4.61. The van der Waals surface area contributed by atoms with E-state index in [0.717, 1.165) is 0 Å². The minimum Gasteiger partial charge on any atom is -0.297 e. The molecule has 0 bridgehead atoms. The van der Waals surface area contributed by atoms with Gasteiger partial charge in [0.05, 0.1) is 6.04 Å². The van der Waals surface area contributed by atoms with Crippen LogP contribution in [0.15, 0.2) is 24.3 Å². The van der Waals surface area contributed by atoms with Gasteiger partial charge in [-0.1, -0.05) is 24.1 Å². The van der Waals surface area contributed by atoms with Crippen LogP contribution in [0.1, 0.15) is 25.5 Å². The highest BCUT2D eigenvalue weighted by Crippen LogP contribution is 2.16. The van der Waals surface area contributed by atoms with E-state index in [1.807, 2.05) is 19.9 Å². The maximum absolute atomic E-state index is 13.3. The zero-order valence-electron chi connectivity index (χ0n) is 8.42. The summed E-state index contributed by atoms with van der Waals surface area (Å²) in [5, 5.41) is 3.11. The summed E-state index contributed by atoms with van der Waals surface area (Å²) >= 11 is 0. The van der Waals surface area contributed by atoms with Crippen LogP contribution < -0.4 is 5.32 Å². The Morgan fingerprint density at radius 2 is 2.00 bits per heavy atom. The van der Waals surface area contributed by atoms with Crippen molar-refractivity contribution in [1.82, 2.24) is 5.32 Å². The molecule has 0 spiro atoms. The SMILES string of the molecule is C#CC(C)NC(C)c1ccccc1F. The van der Waals surface area contributed by atoms with Crippen molar-refractivity contribution in [1.29, 1.82) is 0 Å². The first-order valence-corrected chi connectivity index (χ1v) is 4.61. The van der Waals surface area contributed by atoms with E-state index in [2.05, 4.69) is 11.2 Å². The van der Waals surface area contributed by atoms with Gasteiger partial charge in [-0.25, -0.2) is 4.39 Å². The molecule has 1 N–H and O–H groups in total. The molecule has 0 radical (unpaired) electrons. The molecule has 1 aromatic rings. The first-order chi connectivity index (χ1) is 6.65. The molecule has 0 heterocycles. The van der Waals surface area contributed by atoms with Gasteiger partial charge in [0.2, 0.25) is 0 Å². The monoisotopic (exact) mass is 191 g/mol. The van der Waals surface area contributed by atoms with E-state index in [9.17, 15) is 4.39 Å². The quantitative estimate of drug-likeness (QED) is 0.724. The van der Waals surface area contributed by atoms with E-state index in [1.165, 1.54) is 6.07 Å². The van der Waals surface area contributed by atoms with Crippen molar-refractivity contribution < 1.29 is 4.39 Å². The fourth-order valence-corrected chi connectivity index (χ4v) is 1.34. The van der Waals surface area contributed by atoms with Crippen LogP contribution in [0.4, 0.5) is 4.39 Å². The van der Waals surface area contributed by atoms with Crippen LogP contribution in [-0.4, -0.2) is 6.04 Å². The van der Waals surface area contributed by atoms with Crippen molar-refractivity contribution in [2.45, 2.75) is 25.9 Å². The van der Waals surface area contributed by atoms with E-state index >= 15 is 0 Å². The third-order valence-electron chi connectivity index (χ3n) is 2.12.